The van der Waals surface area contributed by atoms with Crippen molar-refractivity contribution in [2.45, 2.75) is 32.4 Å². The van der Waals surface area contributed by atoms with Crippen LogP contribution in [-0.2, 0) is 6.54 Å². The average molecular weight is 580 g/mol. The number of fused-ring (bicyclic) bond motifs is 2. The van der Waals surface area contributed by atoms with Crippen LogP contribution in [0, 0.1) is 5.82 Å². The fourth-order valence-corrected chi connectivity index (χ4v) is 6.02. The molecule has 0 aliphatic carbocycles. The quantitative estimate of drug-likeness (QED) is 0.289. The summed E-state index contributed by atoms with van der Waals surface area (Å²) in [6.45, 7) is 5.35. The lowest BCUT2D eigenvalue weighted by molar-refractivity contribution is 0.312. The van der Waals surface area contributed by atoms with E-state index in [9.17, 15) is 14.3 Å². The Balaban J connectivity index is 1.37. The number of nitrogen functional groups attached to an aromatic ring is 1. The number of halogens is 1. The Labute approximate surface area is 245 Å². The minimum absolute atomic E-state index is 0.147. The van der Waals surface area contributed by atoms with Crippen molar-refractivity contribution in [3.8, 4) is 28.4 Å². The van der Waals surface area contributed by atoms with Gasteiger partial charge in [-0.25, -0.2) is 23.7 Å². The van der Waals surface area contributed by atoms with Crippen molar-refractivity contribution in [3.05, 3.63) is 88.9 Å². The van der Waals surface area contributed by atoms with Gasteiger partial charge in [-0.3, -0.25) is 4.79 Å². The molecule has 1 fully saturated rings. The summed E-state index contributed by atoms with van der Waals surface area (Å²) in [5.41, 5.74) is 10.6. The van der Waals surface area contributed by atoms with Gasteiger partial charge < -0.3 is 20.1 Å². The zero-order valence-electron chi connectivity index (χ0n) is 23.6. The molecule has 6 aromatic rings. The first-order valence-electron chi connectivity index (χ1n) is 14.3. The van der Waals surface area contributed by atoms with Crippen LogP contribution in [0.25, 0.3) is 39.2 Å². The van der Waals surface area contributed by atoms with Gasteiger partial charge in [0.1, 0.15) is 35.1 Å². The fraction of sp³-hybridized carbons (Fsp3) is 0.258. The van der Waals surface area contributed by atoms with E-state index in [1.807, 2.05) is 35.7 Å². The molecule has 0 spiro atoms. The average Bonchev–Trinajstić information content (AvgIpc) is 3.74. The molecule has 1 aliphatic heterocycles. The number of likely N-dealkylation sites (tertiary alicyclic amines) is 1. The molecule has 11 nitrogen and oxygen atoms in total. The second-order valence-electron chi connectivity index (χ2n) is 10.9. The molecule has 218 valence electrons. The molecular weight excluding hydrogens is 549 g/mol. The molecule has 7 rings (SSSR count). The summed E-state index contributed by atoms with van der Waals surface area (Å²) in [7, 11) is 0. The van der Waals surface area contributed by atoms with Crippen LogP contribution < -0.4 is 11.3 Å². The van der Waals surface area contributed by atoms with Crippen LogP contribution in [-0.4, -0.2) is 63.6 Å². The molecule has 0 amide bonds. The van der Waals surface area contributed by atoms with E-state index < -0.39 is 11.9 Å². The number of rotatable bonds is 7. The summed E-state index contributed by atoms with van der Waals surface area (Å²) < 4.78 is 19.6. The van der Waals surface area contributed by atoms with Gasteiger partial charge in [0.15, 0.2) is 5.65 Å². The summed E-state index contributed by atoms with van der Waals surface area (Å²) in [6, 6.07) is 14.6. The van der Waals surface area contributed by atoms with Crippen LogP contribution in [0.4, 0.5) is 10.2 Å². The maximum Gasteiger partial charge on any atom is 0.266 e. The smallest absolute Gasteiger partial charge is 0.266 e. The van der Waals surface area contributed by atoms with E-state index in [1.54, 1.807) is 16.8 Å². The van der Waals surface area contributed by atoms with Crippen LogP contribution in [0.1, 0.15) is 31.4 Å². The van der Waals surface area contributed by atoms with Crippen LogP contribution in [0.5, 0.6) is 5.75 Å². The number of anilines is 1. The van der Waals surface area contributed by atoms with E-state index in [-0.39, 0.29) is 17.1 Å². The van der Waals surface area contributed by atoms with Gasteiger partial charge in [-0.2, -0.15) is 10.2 Å². The topological polar surface area (TPSA) is 132 Å². The molecule has 1 atom stereocenters. The van der Waals surface area contributed by atoms with Crippen molar-refractivity contribution in [2.75, 3.05) is 25.4 Å². The van der Waals surface area contributed by atoms with E-state index in [4.69, 9.17) is 15.9 Å². The van der Waals surface area contributed by atoms with Gasteiger partial charge >= 0.3 is 0 Å². The molecule has 0 radical (unpaired) electrons. The van der Waals surface area contributed by atoms with Gasteiger partial charge in [0.2, 0.25) is 0 Å². The van der Waals surface area contributed by atoms with Crippen molar-refractivity contribution in [1.29, 1.82) is 0 Å². The normalized spacial score (nSPS) is 14.7. The van der Waals surface area contributed by atoms with Gasteiger partial charge in [0.05, 0.1) is 23.7 Å². The molecule has 1 unspecified atom stereocenters. The summed E-state index contributed by atoms with van der Waals surface area (Å²) in [5.74, 6) is -0.641. The molecule has 0 bridgehead atoms. The standard InChI is InChI=1S/C31H30FN9O2/c1-19(41-31-27(30(33)34-18-35-31)28(37-41)20-14-21(32)16-23(42)15-20)24-17-22-6-2-3-11-39(22)29(24)25-7-8-26(43)40(36-25)13-12-38-9-4-5-10-38/h2-3,6-8,11,14-19,42H,4-5,9-10,12-13H2,1H3,(H2,33,34,35). The van der Waals surface area contributed by atoms with Gasteiger partial charge in [-0.15, -0.1) is 0 Å². The van der Waals surface area contributed by atoms with Crippen molar-refractivity contribution < 1.29 is 9.50 Å². The van der Waals surface area contributed by atoms with Gasteiger partial charge in [-0.1, -0.05) is 6.07 Å². The van der Waals surface area contributed by atoms with E-state index in [2.05, 4.69) is 20.9 Å². The van der Waals surface area contributed by atoms with Crippen molar-refractivity contribution in [1.82, 2.24) is 38.8 Å². The number of pyridine rings is 1. The molecule has 3 N–H and O–H groups in total. The SMILES string of the molecule is CC(c1cc2ccccn2c1-c1ccc(=O)n(CCN2CCCC2)n1)n1nc(-c2cc(O)cc(F)c2)c2c(N)ncnc21. The summed E-state index contributed by atoms with van der Waals surface area (Å²) in [6.07, 6.45) is 5.69. The minimum atomic E-state index is -0.604. The zero-order chi connectivity index (χ0) is 29.7. The van der Waals surface area contributed by atoms with Gasteiger partial charge in [-0.05, 0) is 69.3 Å². The fourth-order valence-electron chi connectivity index (χ4n) is 6.02. The number of hydrogen-bond donors (Lipinski definition) is 2. The Kier molecular flexibility index (Phi) is 6.62. The van der Waals surface area contributed by atoms with E-state index in [0.29, 0.717) is 34.5 Å². The number of phenolic OH excluding ortho intramolecular Hbond substituents is 1. The van der Waals surface area contributed by atoms with Crippen molar-refractivity contribution in [2.24, 2.45) is 0 Å². The number of aromatic hydroxyl groups is 1. The van der Waals surface area contributed by atoms with Gasteiger partial charge in [0.25, 0.3) is 5.56 Å². The zero-order valence-corrected chi connectivity index (χ0v) is 23.6. The van der Waals surface area contributed by atoms with Crippen molar-refractivity contribution >= 4 is 22.4 Å². The molecular formula is C31H30FN9O2. The third-order valence-corrected chi connectivity index (χ3v) is 8.14. The molecule has 1 aromatic carbocycles. The summed E-state index contributed by atoms with van der Waals surface area (Å²) in [5, 5.41) is 20.2. The highest BCUT2D eigenvalue weighted by Crippen LogP contribution is 2.37. The van der Waals surface area contributed by atoms with Crippen LogP contribution >= 0.6 is 0 Å². The molecule has 1 aliphatic rings. The number of benzene rings is 1. The highest BCUT2D eigenvalue weighted by molar-refractivity contribution is 5.98. The third kappa shape index (κ3) is 4.79. The monoisotopic (exact) mass is 579 g/mol. The number of nitrogens with two attached hydrogens (primary N) is 1. The Morgan fingerprint density at radius 2 is 1.86 bits per heavy atom. The first-order chi connectivity index (χ1) is 20.9. The number of hydrogen-bond acceptors (Lipinski definition) is 8. The maximum absolute atomic E-state index is 14.3. The number of phenols is 1. The predicted octanol–water partition coefficient (Wildman–Crippen LogP) is 4.10. The second kappa shape index (κ2) is 10.6. The highest BCUT2D eigenvalue weighted by atomic mass is 19.1. The molecule has 0 saturated carbocycles. The molecule has 43 heavy (non-hydrogen) atoms. The lowest BCUT2D eigenvalue weighted by atomic mass is 10.1. The first-order valence-corrected chi connectivity index (χ1v) is 14.3. The third-order valence-electron chi connectivity index (χ3n) is 8.14. The Hall–Kier alpha value is -5.10. The van der Waals surface area contributed by atoms with Crippen LogP contribution in [0.3, 0.4) is 0 Å². The largest absolute Gasteiger partial charge is 0.508 e. The summed E-state index contributed by atoms with van der Waals surface area (Å²) in [4.78, 5) is 23.8. The van der Waals surface area contributed by atoms with E-state index in [1.165, 1.54) is 36.0 Å². The van der Waals surface area contributed by atoms with Gasteiger partial charge in [0, 0.05) is 41.5 Å². The lowest BCUT2D eigenvalue weighted by Gasteiger charge is -2.17. The maximum atomic E-state index is 14.3. The molecule has 12 heteroatoms. The summed E-state index contributed by atoms with van der Waals surface area (Å²) >= 11 is 0. The first kappa shape index (κ1) is 26.8. The Bertz CT molecular complexity index is 2020. The van der Waals surface area contributed by atoms with Crippen LogP contribution in [0.15, 0.2) is 71.9 Å². The van der Waals surface area contributed by atoms with E-state index in [0.717, 1.165) is 42.5 Å². The highest BCUT2D eigenvalue weighted by Gasteiger charge is 2.26. The Morgan fingerprint density at radius 3 is 2.67 bits per heavy atom. The van der Waals surface area contributed by atoms with Crippen LogP contribution in [0.2, 0.25) is 0 Å². The Morgan fingerprint density at radius 1 is 1.02 bits per heavy atom. The number of nitrogens with zero attached hydrogens (tertiary/aromatic N) is 8. The molecule has 1 saturated heterocycles. The molecule has 5 aromatic heterocycles. The lowest BCUT2D eigenvalue weighted by Crippen LogP contribution is -2.30. The second-order valence-corrected chi connectivity index (χ2v) is 10.9. The number of aromatic nitrogens is 7. The predicted molar refractivity (Wildman–Crippen MR) is 161 cm³/mol. The van der Waals surface area contributed by atoms with Crippen molar-refractivity contribution in [3.63, 3.8) is 0 Å². The molecule has 6 heterocycles. The minimum Gasteiger partial charge on any atom is -0.508 e. The van der Waals surface area contributed by atoms with E-state index >= 15 is 0 Å².